The summed E-state index contributed by atoms with van der Waals surface area (Å²) in [6, 6.07) is 0. The molecule has 1 unspecified atom stereocenters. The van der Waals surface area contributed by atoms with Gasteiger partial charge in [0.25, 0.3) is 0 Å². The van der Waals surface area contributed by atoms with Crippen LogP contribution in [0.5, 0.6) is 0 Å². The summed E-state index contributed by atoms with van der Waals surface area (Å²) in [5.74, 6) is -0.219. The van der Waals surface area contributed by atoms with Crippen LogP contribution >= 0.6 is 0 Å². The number of carbonyl (C=O) groups excluding carboxylic acids is 1. The first kappa shape index (κ1) is 11.0. The second kappa shape index (κ2) is 4.98. The third kappa shape index (κ3) is 2.72. The Balaban J connectivity index is 2.63. The molecule has 0 bridgehead atoms. The summed E-state index contributed by atoms with van der Waals surface area (Å²) in [5, 5.41) is 6.05. The van der Waals surface area contributed by atoms with Gasteiger partial charge in [0.1, 0.15) is 0 Å². The van der Waals surface area contributed by atoms with Gasteiger partial charge < -0.3 is 9.75 Å². The fraction of sp³-hybridized carbons (Fsp3) is 0.800. The van der Waals surface area contributed by atoms with Crippen molar-refractivity contribution in [3.63, 3.8) is 0 Å². The van der Waals surface area contributed by atoms with Crippen molar-refractivity contribution in [2.24, 2.45) is 11.0 Å². The van der Waals surface area contributed by atoms with Crippen molar-refractivity contribution in [2.45, 2.75) is 26.2 Å². The van der Waals surface area contributed by atoms with E-state index >= 15 is 0 Å². The number of hydrogen-bond donors (Lipinski definition) is 0. The van der Waals surface area contributed by atoms with Crippen LogP contribution < -0.4 is 0 Å². The van der Waals surface area contributed by atoms with Crippen LogP contribution in [-0.4, -0.2) is 37.4 Å². The second-order valence-corrected chi connectivity index (χ2v) is 3.64. The van der Waals surface area contributed by atoms with Gasteiger partial charge in [0.2, 0.25) is 0 Å². The first-order valence-electron chi connectivity index (χ1n) is 5.06. The molecule has 1 saturated carbocycles. The topological polar surface area (TPSA) is 41.9 Å². The van der Waals surface area contributed by atoms with Crippen molar-refractivity contribution in [3.8, 4) is 0 Å². The summed E-state index contributed by atoms with van der Waals surface area (Å²) in [7, 11) is 3.74. The fourth-order valence-electron chi connectivity index (χ4n) is 1.70. The highest BCUT2D eigenvalue weighted by Gasteiger charge is 2.30. The monoisotopic (exact) mass is 198 g/mol. The minimum absolute atomic E-state index is 0.0997. The molecule has 1 fully saturated rings. The highest BCUT2D eigenvalue weighted by Crippen LogP contribution is 2.24. The third-order valence-corrected chi connectivity index (χ3v) is 2.23. The van der Waals surface area contributed by atoms with E-state index in [1.807, 2.05) is 21.0 Å². The van der Waals surface area contributed by atoms with Crippen LogP contribution in [0.1, 0.15) is 26.2 Å². The molecule has 0 aromatic carbocycles. The Morgan fingerprint density at radius 3 is 2.93 bits per heavy atom. The molecule has 80 valence electrons. The lowest BCUT2D eigenvalue weighted by Gasteiger charge is -2.12. The van der Waals surface area contributed by atoms with Crippen molar-refractivity contribution in [1.82, 2.24) is 5.01 Å². The molecule has 0 spiro atoms. The largest absolute Gasteiger partial charge is 0.465 e. The number of nitrogens with zero attached hydrogens (tertiary/aromatic N) is 2. The van der Waals surface area contributed by atoms with Gasteiger partial charge >= 0.3 is 5.97 Å². The quantitative estimate of drug-likeness (QED) is 0.506. The number of rotatable bonds is 3. The summed E-state index contributed by atoms with van der Waals surface area (Å²) in [6.45, 7) is 2.28. The standard InChI is InChI=1S/C10H18N2O2/c1-4-14-10(13)8-6-5-7-9(8)11-12(2)3/h8H,4-7H2,1-3H3/b11-9-. The second-order valence-electron chi connectivity index (χ2n) is 3.64. The molecule has 1 aliphatic carbocycles. The van der Waals surface area contributed by atoms with Crippen molar-refractivity contribution in [3.05, 3.63) is 0 Å². The van der Waals surface area contributed by atoms with Crippen molar-refractivity contribution < 1.29 is 9.53 Å². The summed E-state index contributed by atoms with van der Waals surface area (Å²) >= 11 is 0. The van der Waals surface area contributed by atoms with Crippen LogP contribution in [0.4, 0.5) is 0 Å². The molecular weight excluding hydrogens is 180 g/mol. The van der Waals surface area contributed by atoms with E-state index in [0.29, 0.717) is 6.61 Å². The van der Waals surface area contributed by atoms with Gasteiger partial charge in [-0.25, -0.2) is 0 Å². The first-order valence-corrected chi connectivity index (χ1v) is 5.06. The van der Waals surface area contributed by atoms with Crippen LogP contribution in [-0.2, 0) is 9.53 Å². The molecule has 1 rings (SSSR count). The number of carbonyl (C=O) groups is 1. The van der Waals surface area contributed by atoms with Gasteiger partial charge in [-0.15, -0.1) is 0 Å². The SMILES string of the molecule is CCOC(=O)C1CCC/C1=N/N(C)C. The lowest BCUT2D eigenvalue weighted by atomic mass is 10.1. The van der Waals surface area contributed by atoms with E-state index in [-0.39, 0.29) is 11.9 Å². The van der Waals surface area contributed by atoms with E-state index in [1.165, 1.54) is 0 Å². The van der Waals surface area contributed by atoms with Crippen molar-refractivity contribution >= 4 is 11.7 Å². The molecule has 0 radical (unpaired) electrons. The minimum Gasteiger partial charge on any atom is -0.465 e. The molecule has 0 saturated heterocycles. The average molecular weight is 198 g/mol. The zero-order chi connectivity index (χ0) is 10.6. The maximum absolute atomic E-state index is 11.5. The van der Waals surface area contributed by atoms with E-state index in [4.69, 9.17) is 4.74 Å². The summed E-state index contributed by atoms with van der Waals surface area (Å²) < 4.78 is 5.00. The van der Waals surface area contributed by atoms with Gasteiger partial charge in [0, 0.05) is 14.1 Å². The zero-order valence-corrected chi connectivity index (χ0v) is 9.12. The molecule has 0 amide bonds. The van der Waals surface area contributed by atoms with Gasteiger partial charge in [0.15, 0.2) is 0 Å². The molecule has 4 heteroatoms. The molecule has 4 nitrogen and oxygen atoms in total. The first-order chi connectivity index (χ1) is 6.65. The van der Waals surface area contributed by atoms with Gasteiger partial charge in [-0.1, -0.05) is 0 Å². The van der Waals surface area contributed by atoms with Crippen LogP contribution in [0, 0.1) is 5.92 Å². The number of esters is 1. The van der Waals surface area contributed by atoms with Crippen molar-refractivity contribution in [2.75, 3.05) is 20.7 Å². The Hall–Kier alpha value is -1.06. The Kier molecular flexibility index (Phi) is 3.92. The smallest absolute Gasteiger partial charge is 0.314 e. The molecule has 0 aromatic rings. The Morgan fingerprint density at radius 2 is 2.36 bits per heavy atom. The van der Waals surface area contributed by atoms with Crippen LogP contribution in [0.15, 0.2) is 5.10 Å². The molecule has 1 atom stereocenters. The highest BCUT2D eigenvalue weighted by atomic mass is 16.5. The molecular formula is C10H18N2O2. The number of hydrogen-bond acceptors (Lipinski definition) is 4. The Bertz CT molecular complexity index is 236. The Morgan fingerprint density at radius 1 is 1.64 bits per heavy atom. The fourth-order valence-corrected chi connectivity index (χ4v) is 1.70. The van der Waals surface area contributed by atoms with Crippen LogP contribution in [0.3, 0.4) is 0 Å². The maximum atomic E-state index is 11.5. The zero-order valence-electron chi connectivity index (χ0n) is 9.12. The van der Waals surface area contributed by atoms with Gasteiger partial charge in [-0.2, -0.15) is 5.10 Å². The lowest BCUT2D eigenvalue weighted by Crippen LogP contribution is -2.23. The summed E-state index contributed by atoms with van der Waals surface area (Å²) in [6.07, 6.45) is 2.84. The minimum atomic E-state index is -0.120. The normalized spacial score (nSPS) is 23.9. The molecule has 1 aliphatic rings. The predicted octanol–water partition coefficient (Wildman–Crippen LogP) is 1.27. The van der Waals surface area contributed by atoms with E-state index in [2.05, 4.69) is 5.10 Å². The number of hydrazone groups is 1. The summed E-state index contributed by atoms with van der Waals surface area (Å²) in [5.41, 5.74) is 0.966. The van der Waals surface area contributed by atoms with Crippen molar-refractivity contribution in [1.29, 1.82) is 0 Å². The maximum Gasteiger partial charge on any atom is 0.314 e. The molecule has 0 aliphatic heterocycles. The lowest BCUT2D eigenvalue weighted by molar-refractivity contribution is -0.145. The molecule has 14 heavy (non-hydrogen) atoms. The number of ether oxygens (including phenoxy) is 1. The third-order valence-electron chi connectivity index (χ3n) is 2.23. The van der Waals surface area contributed by atoms with E-state index in [1.54, 1.807) is 5.01 Å². The van der Waals surface area contributed by atoms with Crippen LogP contribution in [0.2, 0.25) is 0 Å². The predicted molar refractivity (Wildman–Crippen MR) is 55.1 cm³/mol. The molecule has 0 aromatic heterocycles. The van der Waals surface area contributed by atoms with E-state index in [9.17, 15) is 4.79 Å². The van der Waals surface area contributed by atoms with Gasteiger partial charge in [-0.3, -0.25) is 4.79 Å². The van der Waals surface area contributed by atoms with E-state index < -0.39 is 0 Å². The van der Waals surface area contributed by atoms with Gasteiger partial charge in [0.05, 0.1) is 18.2 Å². The summed E-state index contributed by atoms with van der Waals surface area (Å²) in [4.78, 5) is 11.5. The molecule has 0 heterocycles. The van der Waals surface area contributed by atoms with Gasteiger partial charge in [-0.05, 0) is 26.2 Å². The average Bonchev–Trinajstić information content (AvgIpc) is 2.51. The van der Waals surface area contributed by atoms with E-state index in [0.717, 1.165) is 25.0 Å². The molecule has 0 N–H and O–H groups in total. The van der Waals surface area contributed by atoms with Crippen LogP contribution in [0.25, 0.3) is 0 Å². The Labute approximate surface area is 84.9 Å². The highest BCUT2D eigenvalue weighted by molar-refractivity contribution is 6.03.